The Labute approximate surface area is 120 Å². The third-order valence-electron chi connectivity index (χ3n) is 5.18. The smallest absolute Gasteiger partial charge is 0.250 e. The third kappa shape index (κ3) is 2.23. The molecule has 2 fully saturated rings. The molecule has 0 atom stereocenters. The van der Waals surface area contributed by atoms with Gasteiger partial charge in [-0.25, -0.2) is 0 Å². The van der Waals surface area contributed by atoms with Crippen LogP contribution >= 0.6 is 0 Å². The van der Waals surface area contributed by atoms with Crippen molar-refractivity contribution in [3.8, 4) is 0 Å². The summed E-state index contributed by atoms with van der Waals surface area (Å²) in [6.45, 7) is 2.07. The average Bonchev–Trinajstić information content (AvgIpc) is 2.88. The van der Waals surface area contributed by atoms with Crippen LogP contribution in [0.5, 0.6) is 0 Å². The van der Waals surface area contributed by atoms with Gasteiger partial charge >= 0.3 is 0 Å². The number of hydrogen-bond donors (Lipinski definition) is 2. The zero-order chi connectivity index (χ0) is 14.2. The van der Waals surface area contributed by atoms with E-state index in [9.17, 15) is 4.79 Å². The van der Waals surface area contributed by atoms with Crippen molar-refractivity contribution in [2.75, 3.05) is 23.7 Å². The van der Waals surface area contributed by atoms with Crippen LogP contribution in [0.15, 0.2) is 18.2 Å². The summed E-state index contributed by atoms with van der Waals surface area (Å²) in [6, 6.07) is 5.56. The Morgan fingerprint density at radius 1 is 1.10 bits per heavy atom. The average molecular weight is 273 g/mol. The first kappa shape index (κ1) is 13.3. The summed E-state index contributed by atoms with van der Waals surface area (Å²) in [6.07, 6.45) is 8.04. The number of anilines is 2. The zero-order valence-corrected chi connectivity index (χ0v) is 11.9. The summed E-state index contributed by atoms with van der Waals surface area (Å²) < 4.78 is 0. The first-order chi connectivity index (χ1) is 9.61. The number of para-hydroxylation sites is 1. The number of nitrogens with two attached hydrogens (primary N) is 2. The quantitative estimate of drug-likeness (QED) is 0.813. The molecular weight excluding hydrogens is 250 g/mol. The van der Waals surface area contributed by atoms with Gasteiger partial charge in [-0.05, 0) is 43.2 Å². The highest BCUT2D eigenvalue weighted by atomic mass is 16.1. The molecule has 1 aliphatic carbocycles. The number of carbonyl (C=O) groups excluding carboxylic acids is 1. The van der Waals surface area contributed by atoms with Crippen molar-refractivity contribution < 1.29 is 4.79 Å². The van der Waals surface area contributed by atoms with E-state index in [2.05, 4.69) is 4.90 Å². The second-order valence-corrected chi connectivity index (χ2v) is 6.30. The molecule has 1 saturated heterocycles. The number of hydrogen-bond acceptors (Lipinski definition) is 3. The fourth-order valence-electron chi connectivity index (χ4n) is 3.89. The van der Waals surface area contributed by atoms with Crippen molar-refractivity contribution in [3.63, 3.8) is 0 Å². The molecule has 2 aliphatic rings. The number of carbonyl (C=O) groups is 1. The SMILES string of the molecule is NC(=O)c1cccc(N2CCC3(CCCC3)CC2)c1N. The van der Waals surface area contributed by atoms with Crippen molar-refractivity contribution in [1.82, 2.24) is 0 Å². The van der Waals surface area contributed by atoms with Crippen LogP contribution in [0.3, 0.4) is 0 Å². The van der Waals surface area contributed by atoms with Crippen molar-refractivity contribution in [1.29, 1.82) is 0 Å². The molecule has 0 aromatic heterocycles. The van der Waals surface area contributed by atoms with Crippen LogP contribution in [0.25, 0.3) is 0 Å². The molecule has 4 heteroatoms. The highest BCUT2D eigenvalue weighted by Crippen LogP contribution is 2.47. The summed E-state index contributed by atoms with van der Waals surface area (Å²) in [5.74, 6) is -0.450. The van der Waals surface area contributed by atoms with E-state index in [0.717, 1.165) is 18.8 Å². The lowest BCUT2D eigenvalue weighted by Crippen LogP contribution is -2.39. The lowest BCUT2D eigenvalue weighted by atomic mass is 9.77. The fourth-order valence-corrected chi connectivity index (χ4v) is 3.89. The number of nitrogens with zero attached hydrogens (tertiary/aromatic N) is 1. The molecule has 0 radical (unpaired) electrons. The molecule has 1 saturated carbocycles. The highest BCUT2D eigenvalue weighted by Gasteiger charge is 2.37. The van der Waals surface area contributed by atoms with E-state index in [0.29, 0.717) is 16.7 Å². The standard InChI is InChI=1S/C16H23N3O/c17-14-12(15(18)20)4-3-5-13(14)19-10-8-16(9-11-19)6-1-2-7-16/h3-5H,1-2,6-11,17H2,(H2,18,20). The Hall–Kier alpha value is -1.71. The topological polar surface area (TPSA) is 72.4 Å². The Kier molecular flexibility index (Phi) is 3.32. The second kappa shape index (κ2) is 5.00. The largest absolute Gasteiger partial charge is 0.396 e. The molecule has 1 aromatic rings. The summed E-state index contributed by atoms with van der Waals surface area (Å²) in [5, 5.41) is 0. The van der Waals surface area contributed by atoms with Gasteiger partial charge in [0, 0.05) is 13.1 Å². The minimum absolute atomic E-state index is 0.434. The second-order valence-electron chi connectivity index (χ2n) is 6.30. The maximum atomic E-state index is 11.4. The van der Waals surface area contributed by atoms with Gasteiger partial charge in [0.2, 0.25) is 0 Å². The molecule has 20 heavy (non-hydrogen) atoms. The predicted molar refractivity (Wildman–Crippen MR) is 81.7 cm³/mol. The first-order valence-corrected chi connectivity index (χ1v) is 7.55. The number of rotatable bonds is 2. The summed E-state index contributed by atoms with van der Waals surface area (Å²) in [4.78, 5) is 13.7. The molecule has 1 aliphatic heterocycles. The summed E-state index contributed by atoms with van der Waals surface area (Å²) in [7, 11) is 0. The van der Waals surface area contributed by atoms with E-state index < -0.39 is 5.91 Å². The van der Waals surface area contributed by atoms with Crippen molar-refractivity contribution in [2.45, 2.75) is 38.5 Å². The van der Waals surface area contributed by atoms with E-state index >= 15 is 0 Å². The van der Waals surface area contributed by atoms with Gasteiger partial charge in [0.05, 0.1) is 16.9 Å². The van der Waals surface area contributed by atoms with E-state index in [4.69, 9.17) is 11.5 Å². The van der Waals surface area contributed by atoms with Crippen molar-refractivity contribution >= 4 is 17.3 Å². The van der Waals surface area contributed by atoms with Gasteiger partial charge in [-0.3, -0.25) is 4.79 Å². The number of nitrogen functional groups attached to an aromatic ring is 1. The van der Waals surface area contributed by atoms with Crippen LogP contribution in [0.2, 0.25) is 0 Å². The van der Waals surface area contributed by atoms with E-state index in [1.807, 2.05) is 12.1 Å². The van der Waals surface area contributed by atoms with E-state index in [1.165, 1.54) is 38.5 Å². The number of amides is 1. The molecular formula is C16H23N3O. The van der Waals surface area contributed by atoms with Gasteiger partial charge in [0.1, 0.15) is 0 Å². The Morgan fingerprint density at radius 2 is 1.75 bits per heavy atom. The molecule has 3 rings (SSSR count). The van der Waals surface area contributed by atoms with Gasteiger partial charge < -0.3 is 16.4 Å². The van der Waals surface area contributed by atoms with Crippen LogP contribution < -0.4 is 16.4 Å². The Morgan fingerprint density at radius 3 is 2.35 bits per heavy atom. The lowest BCUT2D eigenvalue weighted by Gasteiger charge is -2.41. The lowest BCUT2D eigenvalue weighted by molar-refractivity contribution is 0.100. The van der Waals surface area contributed by atoms with Gasteiger partial charge in [-0.15, -0.1) is 0 Å². The van der Waals surface area contributed by atoms with Gasteiger partial charge in [0.25, 0.3) is 5.91 Å². The first-order valence-electron chi connectivity index (χ1n) is 7.55. The molecule has 4 N–H and O–H groups in total. The molecule has 1 spiro atoms. The van der Waals surface area contributed by atoms with Crippen LogP contribution in [0, 0.1) is 5.41 Å². The molecule has 1 heterocycles. The molecule has 0 unspecified atom stereocenters. The van der Waals surface area contributed by atoms with Gasteiger partial charge in [-0.1, -0.05) is 18.9 Å². The molecule has 1 aromatic carbocycles. The normalized spacial score (nSPS) is 21.3. The summed E-state index contributed by atoms with van der Waals surface area (Å²) >= 11 is 0. The Bertz CT molecular complexity index is 510. The maximum absolute atomic E-state index is 11.4. The number of primary amides is 1. The van der Waals surface area contributed by atoms with Crippen LogP contribution in [-0.2, 0) is 0 Å². The zero-order valence-electron chi connectivity index (χ0n) is 11.9. The maximum Gasteiger partial charge on any atom is 0.250 e. The molecule has 4 nitrogen and oxygen atoms in total. The minimum Gasteiger partial charge on any atom is -0.396 e. The van der Waals surface area contributed by atoms with Crippen LogP contribution in [0.4, 0.5) is 11.4 Å². The fraction of sp³-hybridized carbons (Fsp3) is 0.562. The number of piperidine rings is 1. The van der Waals surface area contributed by atoms with Gasteiger partial charge in [-0.2, -0.15) is 0 Å². The summed E-state index contributed by atoms with van der Waals surface area (Å²) in [5.41, 5.74) is 14.0. The predicted octanol–water partition coefficient (Wildman–Crippen LogP) is 2.53. The Balaban J connectivity index is 1.78. The van der Waals surface area contributed by atoms with Crippen molar-refractivity contribution in [3.05, 3.63) is 23.8 Å². The van der Waals surface area contributed by atoms with E-state index in [1.54, 1.807) is 6.07 Å². The molecule has 108 valence electrons. The van der Waals surface area contributed by atoms with Gasteiger partial charge in [0.15, 0.2) is 0 Å². The number of benzene rings is 1. The van der Waals surface area contributed by atoms with Crippen LogP contribution in [-0.4, -0.2) is 19.0 Å². The van der Waals surface area contributed by atoms with Crippen LogP contribution in [0.1, 0.15) is 48.9 Å². The third-order valence-corrected chi connectivity index (χ3v) is 5.18. The highest BCUT2D eigenvalue weighted by molar-refractivity contribution is 6.00. The minimum atomic E-state index is -0.450. The monoisotopic (exact) mass is 273 g/mol. The van der Waals surface area contributed by atoms with Crippen molar-refractivity contribution in [2.24, 2.45) is 11.1 Å². The molecule has 0 bridgehead atoms. The molecule has 1 amide bonds. The van der Waals surface area contributed by atoms with E-state index in [-0.39, 0.29) is 0 Å².